The molecule has 1 aromatic rings. The van der Waals surface area contributed by atoms with Gasteiger partial charge in [0.05, 0.1) is 0 Å². The molecule has 17 heavy (non-hydrogen) atoms. The van der Waals surface area contributed by atoms with Gasteiger partial charge in [0.25, 0.3) is 0 Å². The quantitative estimate of drug-likeness (QED) is 0.811. The molecular formula is C15H22N2. The Bertz CT molecular complexity index is 348. The van der Waals surface area contributed by atoms with Gasteiger partial charge >= 0.3 is 0 Å². The Labute approximate surface area is 104 Å². The van der Waals surface area contributed by atoms with E-state index >= 15 is 0 Å². The van der Waals surface area contributed by atoms with Crippen molar-refractivity contribution in [3.8, 4) is 0 Å². The molecule has 0 amide bonds. The van der Waals surface area contributed by atoms with Gasteiger partial charge in [-0.1, -0.05) is 25.0 Å². The van der Waals surface area contributed by atoms with E-state index in [1.165, 1.54) is 49.8 Å². The lowest BCUT2D eigenvalue weighted by Gasteiger charge is -2.13. The minimum absolute atomic E-state index is 0.713. The van der Waals surface area contributed by atoms with Crippen molar-refractivity contribution in [2.24, 2.45) is 0 Å². The second kappa shape index (κ2) is 5.09. The minimum atomic E-state index is 0.713. The van der Waals surface area contributed by atoms with Crippen LogP contribution in [0.25, 0.3) is 0 Å². The van der Waals surface area contributed by atoms with E-state index in [1.54, 1.807) is 0 Å². The number of nitrogens with one attached hydrogen (secondary N) is 2. The molecular weight excluding hydrogens is 208 g/mol. The van der Waals surface area contributed by atoms with E-state index in [4.69, 9.17) is 0 Å². The van der Waals surface area contributed by atoms with E-state index in [2.05, 4.69) is 34.9 Å². The van der Waals surface area contributed by atoms with Crippen molar-refractivity contribution in [2.75, 3.05) is 5.32 Å². The summed E-state index contributed by atoms with van der Waals surface area (Å²) in [4.78, 5) is 0. The first-order chi connectivity index (χ1) is 8.40. The first-order valence-corrected chi connectivity index (χ1v) is 6.99. The number of hydrogen-bond acceptors (Lipinski definition) is 2. The predicted octanol–water partition coefficient (Wildman–Crippen LogP) is 3.29. The summed E-state index contributed by atoms with van der Waals surface area (Å²) in [7, 11) is 0. The van der Waals surface area contributed by atoms with Gasteiger partial charge in [0.1, 0.15) is 0 Å². The summed E-state index contributed by atoms with van der Waals surface area (Å²) < 4.78 is 0. The van der Waals surface area contributed by atoms with Gasteiger partial charge in [-0.25, -0.2) is 0 Å². The van der Waals surface area contributed by atoms with E-state index in [-0.39, 0.29) is 0 Å². The summed E-state index contributed by atoms with van der Waals surface area (Å²) in [5.74, 6) is 0. The fourth-order valence-electron chi connectivity index (χ4n) is 2.57. The smallest absolute Gasteiger partial charge is 0.0342 e. The third-order valence-electron chi connectivity index (χ3n) is 3.85. The average Bonchev–Trinajstić information content (AvgIpc) is 3.05. The maximum absolute atomic E-state index is 3.62. The third-order valence-corrected chi connectivity index (χ3v) is 3.85. The van der Waals surface area contributed by atoms with Gasteiger partial charge in [-0.3, -0.25) is 0 Å². The molecule has 2 aliphatic carbocycles. The number of anilines is 1. The topological polar surface area (TPSA) is 24.1 Å². The van der Waals surface area contributed by atoms with Crippen LogP contribution in [0.5, 0.6) is 0 Å². The van der Waals surface area contributed by atoms with Crippen molar-refractivity contribution in [3.63, 3.8) is 0 Å². The van der Waals surface area contributed by atoms with E-state index in [0.717, 1.165) is 12.6 Å². The Morgan fingerprint density at radius 2 is 1.59 bits per heavy atom. The molecule has 2 N–H and O–H groups in total. The van der Waals surface area contributed by atoms with Gasteiger partial charge in [0, 0.05) is 24.3 Å². The fourth-order valence-corrected chi connectivity index (χ4v) is 2.57. The van der Waals surface area contributed by atoms with Crippen molar-refractivity contribution >= 4 is 5.69 Å². The van der Waals surface area contributed by atoms with Crippen molar-refractivity contribution in [1.29, 1.82) is 0 Å². The Balaban J connectivity index is 1.51. The van der Waals surface area contributed by atoms with Crippen molar-refractivity contribution < 1.29 is 0 Å². The molecule has 0 spiro atoms. The van der Waals surface area contributed by atoms with E-state index in [1.807, 2.05) is 0 Å². The lowest BCUT2D eigenvalue weighted by Crippen LogP contribution is -2.16. The van der Waals surface area contributed by atoms with Crippen LogP contribution in [-0.2, 0) is 6.54 Å². The van der Waals surface area contributed by atoms with Gasteiger partial charge in [-0.05, 0) is 43.4 Å². The lowest BCUT2D eigenvalue weighted by atomic mass is 10.2. The molecule has 0 radical (unpaired) electrons. The molecule has 2 fully saturated rings. The Hall–Kier alpha value is -1.02. The minimum Gasteiger partial charge on any atom is -0.382 e. The summed E-state index contributed by atoms with van der Waals surface area (Å²) in [5.41, 5.74) is 2.68. The van der Waals surface area contributed by atoms with Crippen LogP contribution in [0.2, 0.25) is 0 Å². The number of benzene rings is 1. The molecule has 0 aliphatic heterocycles. The van der Waals surface area contributed by atoms with E-state index < -0.39 is 0 Å². The van der Waals surface area contributed by atoms with Crippen molar-refractivity contribution in [1.82, 2.24) is 5.32 Å². The van der Waals surface area contributed by atoms with Crippen LogP contribution in [0.15, 0.2) is 24.3 Å². The van der Waals surface area contributed by atoms with Crippen LogP contribution in [0.1, 0.15) is 44.1 Å². The van der Waals surface area contributed by atoms with Gasteiger partial charge in [0.15, 0.2) is 0 Å². The maximum Gasteiger partial charge on any atom is 0.0342 e. The molecule has 2 heteroatoms. The van der Waals surface area contributed by atoms with Crippen LogP contribution in [-0.4, -0.2) is 12.1 Å². The van der Waals surface area contributed by atoms with Gasteiger partial charge < -0.3 is 10.6 Å². The van der Waals surface area contributed by atoms with Gasteiger partial charge in [-0.2, -0.15) is 0 Å². The van der Waals surface area contributed by atoms with Crippen molar-refractivity contribution in [3.05, 3.63) is 29.8 Å². The molecule has 3 rings (SSSR count). The number of hydrogen-bond donors (Lipinski definition) is 2. The first-order valence-electron chi connectivity index (χ1n) is 6.99. The number of rotatable bonds is 5. The molecule has 2 nitrogen and oxygen atoms in total. The molecule has 0 bridgehead atoms. The Morgan fingerprint density at radius 1 is 0.882 bits per heavy atom. The highest BCUT2D eigenvalue weighted by Gasteiger charge is 2.19. The highest BCUT2D eigenvalue weighted by atomic mass is 14.9. The molecule has 1 aromatic carbocycles. The summed E-state index contributed by atoms with van der Waals surface area (Å²) in [5, 5.41) is 7.17. The average molecular weight is 230 g/mol. The SMILES string of the molecule is c1cc(NC2CCCC2)ccc1CNC1CC1. The van der Waals surface area contributed by atoms with E-state index in [0.29, 0.717) is 6.04 Å². The van der Waals surface area contributed by atoms with Crippen LogP contribution in [0.4, 0.5) is 5.69 Å². The largest absolute Gasteiger partial charge is 0.382 e. The highest BCUT2D eigenvalue weighted by molar-refractivity contribution is 5.45. The van der Waals surface area contributed by atoms with Crippen LogP contribution < -0.4 is 10.6 Å². The molecule has 0 aromatic heterocycles. The maximum atomic E-state index is 3.62. The van der Waals surface area contributed by atoms with Gasteiger partial charge in [-0.15, -0.1) is 0 Å². The second-order valence-corrected chi connectivity index (χ2v) is 5.48. The Kier molecular flexibility index (Phi) is 3.32. The van der Waals surface area contributed by atoms with E-state index in [9.17, 15) is 0 Å². The van der Waals surface area contributed by atoms with Crippen LogP contribution in [0.3, 0.4) is 0 Å². The fraction of sp³-hybridized carbons (Fsp3) is 0.600. The predicted molar refractivity (Wildman–Crippen MR) is 72.2 cm³/mol. The summed E-state index contributed by atoms with van der Waals surface area (Å²) in [6, 6.07) is 10.4. The summed E-state index contributed by atoms with van der Waals surface area (Å²) in [6.07, 6.45) is 8.18. The van der Waals surface area contributed by atoms with Crippen LogP contribution >= 0.6 is 0 Å². The molecule has 0 saturated heterocycles. The molecule has 2 aliphatic rings. The zero-order valence-corrected chi connectivity index (χ0v) is 10.4. The third kappa shape index (κ3) is 3.22. The summed E-state index contributed by atoms with van der Waals surface area (Å²) >= 11 is 0. The Morgan fingerprint density at radius 3 is 2.24 bits per heavy atom. The normalized spacial score (nSPS) is 20.7. The standard InChI is InChI=1S/C15H22N2/c1-2-4-14(3-1)17-15-7-5-12(6-8-15)11-16-13-9-10-13/h5-8,13-14,16-17H,1-4,9-11H2. The monoisotopic (exact) mass is 230 g/mol. The molecule has 0 atom stereocenters. The molecule has 0 unspecified atom stereocenters. The zero-order valence-electron chi connectivity index (χ0n) is 10.4. The highest BCUT2D eigenvalue weighted by Crippen LogP contribution is 2.23. The van der Waals surface area contributed by atoms with Gasteiger partial charge in [0.2, 0.25) is 0 Å². The lowest BCUT2D eigenvalue weighted by molar-refractivity contribution is 0.688. The molecule has 92 valence electrons. The summed E-state index contributed by atoms with van der Waals surface area (Å²) in [6.45, 7) is 1.02. The first kappa shape index (κ1) is 11.1. The molecule has 2 saturated carbocycles. The molecule has 0 heterocycles. The second-order valence-electron chi connectivity index (χ2n) is 5.48. The zero-order chi connectivity index (χ0) is 11.5. The van der Waals surface area contributed by atoms with Crippen LogP contribution in [0, 0.1) is 0 Å². The van der Waals surface area contributed by atoms with Crippen molar-refractivity contribution in [2.45, 2.75) is 57.2 Å².